The van der Waals surface area contributed by atoms with E-state index in [1.54, 1.807) is 19.2 Å². The second kappa shape index (κ2) is 5.14. The van der Waals surface area contributed by atoms with Crippen molar-refractivity contribution in [3.05, 3.63) is 39.7 Å². The van der Waals surface area contributed by atoms with Crippen LogP contribution in [0.15, 0.2) is 27.4 Å². The summed E-state index contributed by atoms with van der Waals surface area (Å²) in [5.74, 6) is -0.649. The lowest BCUT2D eigenvalue weighted by Gasteiger charge is -2.10. The number of ether oxygens (including phenoxy) is 1. The molecule has 1 heterocycles. The first-order chi connectivity index (χ1) is 9.08. The van der Waals surface area contributed by atoms with Gasteiger partial charge in [-0.1, -0.05) is 13.3 Å². The molecule has 100 valence electrons. The van der Waals surface area contributed by atoms with Gasteiger partial charge in [-0.3, -0.25) is 0 Å². The van der Waals surface area contributed by atoms with E-state index in [0.717, 1.165) is 12.0 Å². The number of hydrogen-bond acceptors (Lipinski definition) is 4. The molecule has 0 aliphatic heterocycles. The Balaban J connectivity index is 2.79. The molecule has 0 saturated carbocycles. The van der Waals surface area contributed by atoms with Crippen LogP contribution in [0.2, 0.25) is 0 Å². The number of fused-ring (bicyclic) bond motifs is 1. The lowest BCUT2D eigenvalue weighted by Crippen LogP contribution is -2.13. The van der Waals surface area contributed by atoms with E-state index in [0.29, 0.717) is 23.1 Å². The van der Waals surface area contributed by atoms with Gasteiger partial charge in [-0.25, -0.2) is 9.59 Å². The molecule has 0 amide bonds. The smallest absolute Gasteiger partial charge is 0.351 e. The van der Waals surface area contributed by atoms with Crippen molar-refractivity contribution < 1.29 is 19.1 Å². The van der Waals surface area contributed by atoms with Crippen molar-refractivity contribution in [3.8, 4) is 5.75 Å². The number of aromatic carboxylic acids is 1. The summed E-state index contributed by atoms with van der Waals surface area (Å²) in [6, 6.07) is 4.77. The fourth-order valence-corrected chi connectivity index (χ4v) is 2.05. The summed E-state index contributed by atoms with van der Waals surface area (Å²) in [4.78, 5) is 22.6. The number of carboxylic acids is 1. The predicted molar refractivity (Wildman–Crippen MR) is 70.0 cm³/mol. The first-order valence-corrected chi connectivity index (χ1v) is 5.95. The number of carboxylic acid groups (broad SMARTS) is 1. The molecule has 0 fully saturated rings. The van der Waals surface area contributed by atoms with Crippen LogP contribution in [0.3, 0.4) is 0 Å². The van der Waals surface area contributed by atoms with Gasteiger partial charge in [-0.15, -0.1) is 0 Å². The summed E-state index contributed by atoms with van der Waals surface area (Å²) < 4.78 is 10.4. The summed E-state index contributed by atoms with van der Waals surface area (Å²) in [6.45, 7) is 2.00. The van der Waals surface area contributed by atoms with E-state index < -0.39 is 11.6 Å². The molecule has 0 aliphatic rings. The summed E-state index contributed by atoms with van der Waals surface area (Å²) >= 11 is 0. The molecule has 0 aliphatic carbocycles. The third-order valence-electron chi connectivity index (χ3n) is 2.91. The molecule has 0 saturated heterocycles. The van der Waals surface area contributed by atoms with E-state index in [4.69, 9.17) is 14.3 Å². The molecule has 1 aromatic carbocycles. The molecule has 5 heteroatoms. The van der Waals surface area contributed by atoms with Gasteiger partial charge in [0.1, 0.15) is 16.9 Å². The normalized spacial score (nSPS) is 10.6. The lowest BCUT2D eigenvalue weighted by atomic mass is 10.0. The van der Waals surface area contributed by atoms with E-state index >= 15 is 0 Å². The molecule has 2 rings (SSSR count). The third-order valence-corrected chi connectivity index (χ3v) is 2.91. The number of carbonyl (C=O) groups is 1. The van der Waals surface area contributed by atoms with E-state index in [2.05, 4.69) is 0 Å². The Hall–Kier alpha value is -2.30. The second-order valence-corrected chi connectivity index (χ2v) is 4.17. The summed E-state index contributed by atoms with van der Waals surface area (Å²) in [5, 5.41) is 9.50. The number of aryl methyl sites for hydroxylation is 1. The van der Waals surface area contributed by atoms with Crippen molar-refractivity contribution >= 4 is 16.9 Å². The van der Waals surface area contributed by atoms with Crippen LogP contribution in [0.5, 0.6) is 5.75 Å². The highest BCUT2D eigenvalue weighted by molar-refractivity contribution is 5.92. The van der Waals surface area contributed by atoms with Crippen LogP contribution in [0.25, 0.3) is 11.0 Å². The minimum Gasteiger partial charge on any atom is -0.496 e. The van der Waals surface area contributed by atoms with Crippen LogP contribution in [0.4, 0.5) is 0 Å². The van der Waals surface area contributed by atoms with Crippen molar-refractivity contribution in [1.82, 2.24) is 0 Å². The summed E-state index contributed by atoms with van der Waals surface area (Å²) in [7, 11) is 1.55. The van der Waals surface area contributed by atoms with Gasteiger partial charge >= 0.3 is 11.6 Å². The number of hydrogen-bond donors (Lipinski definition) is 1. The second-order valence-electron chi connectivity index (χ2n) is 4.17. The van der Waals surface area contributed by atoms with Crippen molar-refractivity contribution in [2.75, 3.05) is 7.11 Å². The fourth-order valence-electron chi connectivity index (χ4n) is 2.05. The average Bonchev–Trinajstić information content (AvgIpc) is 2.38. The lowest BCUT2D eigenvalue weighted by molar-refractivity contribution is 0.0692. The Morgan fingerprint density at radius 1 is 1.42 bits per heavy atom. The van der Waals surface area contributed by atoms with E-state index in [9.17, 15) is 9.59 Å². The summed E-state index contributed by atoms with van der Waals surface area (Å²) in [6.07, 6.45) is 1.55. The van der Waals surface area contributed by atoms with Crippen molar-refractivity contribution in [1.29, 1.82) is 0 Å². The quantitative estimate of drug-likeness (QED) is 0.856. The molecule has 1 aromatic heterocycles. The molecule has 19 heavy (non-hydrogen) atoms. The number of methoxy groups -OCH3 is 1. The van der Waals surface area contributed by atoms with Gasteiger partial charge in [-0.2, -0.15) is 0 Å². The molecule has 0 spiro atoms. The average molecular weight is 262 g/mol. The Kier molecular flexibility index (Phi) is 3.55. The van der Waals surface area contributed by atoms with Gasteiger partial charge in [0.2, 0.25) is 0 Å². The maximum atomic E-state index is 11.6. The zero-order valence-corrected chi connectivity index (χ0v) is 10.7. The first-order valence-electron chi connectivity index (χ1n) is 5.95. The Bertz CT molecular complexity index is 684. The topological polar surface area (TPSA) is 76.7 Å². The molecule has 0 unspecified atom stereocenters. The highest BCUT2D eigenvalue weighted by atomic mass is 16.5. The molecule has 0 bridgehead atoms. The molecule has 0 radical (unpaired) electrons. The van der Waals surface area contributed by atoms with Crippen LogP contribution < -0.4 is 10.4 Å². The zero-order chi connectivity index (χ0) is 14.0. The number of rotatable bonds is 4. The molecule has 1 N–H and O–H groups in total. The van der Waals surface area contributed by atoms with Gasteiger partial charge in [0.05, 0.1) is 7.11 Å². The molecular formula is C14H14O5. The zero-order valence-electron chi connectivity index (χ0n) is 10.7. The highest BCUT2D eigenvalue weighted by Crippen LogP contribution is 2.28. The molecule has 2 aromatic rings. The van der Waals surface area contributed by atoms with Crippen LogP contribution >= 0.6 is 0 Å². The maximum Gasteiger partial charge on any atom is 0.351 e. The maximum absolute atomic E-state index is 11.6. The largest absolute Gasteiger partial charge is 0.496 e. The first kappa shape index (κ1) is 13.1. The van der Waals surface area contributed by atoms with Gasteiger partial charge in [0.25, 0.3) is 0 Å². The number of benzene rings is 1. The van der Waals surface area contributed by atoms with Gasteiger partial charge < -0.3 is 14.3 Å². The predicted octanol–water partition coefficient (Wildman–Crippen LogP) is 2.45. The minimum atomic E-state index is -1.29. The van der Waals surface area contributed by atoms with Crippen LogP contribution in [0.1, 0.15) is 29.3 Å². The minimum absolute atomic E-state index is 0.361. The fraction of sp³-hybridized carbons (Fsp3) is 0.286. The van der Waals surface area contributed by atoms with Gasteiger partial charge in [0.15, 0.2) is 0 Å². The Morgan fingerprint density at radius 3 is 2.74 bits per heavy atom. The monoisotopic (exact) mass is 262 g/mol. The van der Waals surface area contributed by atoms with Crippen molar-refractivity contribution in [3.63, 3.8) is 0 Å². The summed E-state index contributed by atoms with van der Waals surface area (Å²) in [5.41, 5.74) is -0.0153. The molecule has 5 nitrogen and oxygen atoms in total. The van der Waals surface area contributed by atoms with Crippen LogP contribution in [0, 0.1) is 0 Å². The van der Waals surface area contributed by atoms with Gasteiger partial charge in [-0.05, 0) is 24.6 Å². The molecular weight excluding hydrogens is 248 g/mol. The third kappa shape index (κ3) is 2.31. The Labute approximate surface area is 109 Å². The van der Waals surface area contributed by atoms with Crippen LogP contribution in [-0.4, -0.2) is 18.2 Å². The Morgan fingerprint density at radius 2 is 2.16 bits per heavy atom. The van der Waals surface area contributed by atoms with E-state index in [1.165, 1.54) is 6.07 Å². The molecule has 0 atom stereocenters. The van der Waals surface area contributed by atoms with Crippen molar-refractivity contribution in [2.24, 2.45) is 0 Å². The van der Waals surface area contributed by atoms with E-state index in [1.807, 2.05) is 6.92 Å². The van der Waals surface area contributed by atoms with Gasteiger partial charge in [0, 0.05) is 10.9 Å². The SMILES string of the molecule is CCCc1c(OC)ccc2cc(C(=O)O)c(=O)oc12. The standard InChI is InChI=1S/C14H14O5/c1-3-4-9-11(18-2)6-5-8-7-10(13(15)16)14(17)19-12(8)9/h5-7H,3-4H2,1-2H3,(H,15,16). The van der Waals surface area contributed by atoms with E-state index in [-0.39, 0.29) is 5.56 Å². The van der Waals surface area contributed by atoms with Crippen LogP contribution in [-0.2, 0) is 6.42 Å². The van der Waals surface area contributed by atoms with Crippen molar-refractivity contribution in [2.45, 2.75) is 19.8 Å². The highest BCUT2D eigenvalue weighted by Gasteiger charge is 2.16.